The highest BCUT2D eigenvalue weighted by molar-refractivity contribution is 5.89. The van der Waals surface area contributed by atoms with Crippen LogP contribution >= 0.6 is 0 Å². The zero-order chi connectivity index (χ0) is 18.5. The van der Waals surface area contributed by atoms with Gasteiger partial charge in [0.25, 0.3) is 0 Å². The lowest BCUT2D eigenvalue weighted by atomic mass is 9.84. The molecule has 2 heterocycles. The van der Waals surface area contributed by atoms with E-state index in [0.717, 1.165) is 0 Å². The van der Waals surface area contributed by atoms with Crippen molar-refractivity contribution in [3.8, 4) is 0 Å². The summed E-state index contributed by atoms with van der Waals surface area (Å²) in [5.74, 6) is -1.58. The molecule has 2 saturated heterocycles. The molecule has 0 radical (unpaired) electrons. The number of hydrogen-bond acceptors (Lipinski definition) is 8. The molecule has 8 nitrogen and oxygen atoms in total. The molecule has 1 aliphatic carbocycles. The van der Waals surface area contributed by atoms with Crippen molar-refractivity contribution in [1.82, 2.24) is 0 Å². The van der Waals surface area contributed by atoms with E-state index in [1.54, 1.807) is 30.3 Å². The number of rotatable bonds is 5. The third-order valence-corrected chi connectivity index (χ3v) is 4.77. The lowest BCUT2D eigenvalue weighted by molar-refractivity contribution is -0.175. The third kappa shape index (κ3) is 2.85. The second-order valence-electron chi connectivity index (χ2n) is 6.60. The highest BCUT2D eigenvalue weighted by Crippen LogP contribution is 2.57. The molecule has 3 fully saturated rings. The fraction of sp³-hybridized carbons (Fsp3) is 0.500. The van der Waals surface area contributed by atoms with Crippen LogP contribution in [0, 0.1) is 0 Å². The smallest absolute Gasteiger partial charge is 0.338 e. The van der Waals surface area contributed by atoms with Crippen molar-refractivity contribution in [3.05, 3.63) is 35.9 Å². The number of benzene rings is 1. The summed E-state index contributed by atoms with van der Waals surface area (Å²) in [6.07, 6.45) is -2.71. The molecule has 3 aliphatic rings. The van der Waals surface area contributed by atoms with Crippen molar-refractivity contribution in [2.75, 3.05) is 6.61 Å². The first-order valence-electron chi connectivity index (χ1n) is 8.32. The number of epoxide rings is 2. The Bertz CT molecular complexity index is 747. The van der Waals surface area contributed by atoms with Crippen LogP contribution in [0.3, 0.4) is 0 Å². The van der Waals surface area contributed by atoms with E-state index in [2.05, 4.69) is 0 Å². The largest absolute Gasteiger partial charge is 0.459 e. The van der Waals surface area contributed by atoms with Crippen LogP contribution in [0.25, 0.3) is 0 Å². The number of ether oxygens (including phenoxy) is 5. The predicted octanol–water partition coefficient (Wildman–Crippen LogP) is 0.625. The summed E-state index contributed by atoms with van der Waals surface area (Å²) < 4.78 is 27.4. The molecule has 1 unspecified atom stereocenters. The molecular formula is C18H18O8. The third-order valence-electron chi connectivity index (χ3n) is 4.77. The van der Waals surface area contributed by atoms with Gasteiger partial charge in [0.05, 0.1) is 5.56 Å². The Labute approximate surface area is 149 Å². The van der Waals surface area contributed by atoms with Gasteiger partial charge in [-0.2, -0.15) is 0 Å². The fourth-order valence-electron chi connectivity index (χ4n) is 3.57. The molecule has 4 rings (SSSR count). The van der Waals surface area contributed by atoms with Crippen molar-refractivity contribution in [3.63, 3.8) is 0 Å². The molecule has 0 spiro atoms. The molecule has 1 aromatic carbocycles. The van der Waals surface area contributed by atoms with E-state index in [1.165, 1.54) is 13.8 Å². The first-order valence-corrected chi connectivity index (χ1v) is 8.32. The van der Waals surface area contributed by atoms with E-state index in [4.69, 9.17) is 23.7 Å². The highest BCUT2D eigenvalue weighted by Gasteiger charge is 2.81. The van der Waals surface area contributed by atoms with Crippen LogP contribution in [-0.2, 0) is 33.3 Å². The summed E-state index contributed by atoms with van der Waals surface area (Å²) in [6.45, 7) is 2.39. The summed E-state index contributed by atoms with van der Waals surface area (Å²) in [5.41, 5.74) is -0.661. The minimum absolute atomic E-state index is 0.131. The van der Waals surface area contributed by atoms with E-state index >= 15 is 0 Å². The van der Waals surface area contributed by atoms with Gasteiger partial charge in [0.2, 0.25) is 0 Å². The molecule has 0 aromatic heterocycles. The Morgan fingerprint density at radius 3 is 2.38 bits per heavy atom. The Kier molecular flexibility index (Phi) is 3.96. The number of hydrogen-bond donors (Lipinski definition) is 0. The molecule has 6 atom stereocenters. The van der Waals surface area contributed by atoms with Gasteiger partial charge in [-0.05, 0) is 12.1 Å². The number of esters is 3. The van der Waals surface area contributed by atoms with Crippen molar-refractivity contribution in [1.29, 1.82) is 0 Å². The second kappa shape index (κ2) is 6.07. The molecule has 138 valence electrons. The average Bonchev–Trinajstić information content (AvgIpc) is 3.49. The zero-order valence-electron chi connectivity index (χ0n) is 14.2. The van der Waals surface area contributed by atoms with Gasteiger partial charge in [0, 0.05) is 13.8 Å². The molecular weight excluding hydrogens is 344 g/mol. The lowest BCUT2D eigenvalue weighted by Gasteiger charge is -2.32. The maximum absolute atomic E-state index is 12.2. The van der Waals surface area contributed by atoms with Gasteiger partial charge in [-0.15, -0.1) is 0 Å². The number of fused-ring (bicyclic) bond motifs is 3. The fourth-order valence-corrected chi connectivity index (χ4v) is 3.57. The first kappa shape index (κ1) is 17.0. The van der Waals surface area contributed by atoms with E-state index in [9.17, 15) is 14.4 Å². The quantitative estimate of drug-likeness (QED) is 0.427. The average molecular weight is 362 g/mol. The maximum atomic E-state index is 12.2. The SMILES string of the molecule is CC(=O)OC1[C@H]2O[C@H]2[C@H]2O[C@@]2(COC(=O)c2ccccc2)[C@H]1OC(C)=O. The standard InChI is InChI=1S/C18H18O8/c1-9(19)23-13-12-14(25-12)16-18(26-16,15(13)24-10(2)20)8-22-17(21)11-6-4-3-5-7-11/h3-7,12-16H,8H2,1-2H3/t12-,13?,14-,15+,16-,18+/m1/s1. The summed E-state index contributed by atoms with van der Waals surface area (Å²) in [4.78, 5) is 35.2. The summed E-state index contributed by atoms with van der Waals surface area (Å²) >= 11 is 0. The van der Waals surface area contributed by atoms with Gasteiger partial charge >= 0.3 is 17.9 Å². The predicted molar refractivity (Wildman–Crippen MR) is 84.1 cm³/mol. The molecule has 26 heavy (non-hydrogen) atoms. The van der Waals surface area contributed by atoms with Crippen molar-refractivity contribution in [2.24, 2.45) is 0 Å². The van der Waals surface area contributed by atoms with Crippen molar-refractivity contribution >= 4 is 17.9 Å². The lowest BCUT2D eigenvalue weighted by Crippen LogP contribution is -2.55. The van der Waals surface area contributed by atoms with Crippen LogP contribution in [0.15, 0.2) is 30.3 Å². The van der Waals surface area contributed by atoms with Gasteiger partial charge in [-0.3, -0.25) is 9.59 Å². The maximum Gasteiger partial charge on any atom is 0.338 e. The van der Waals surface area contributed by atoms with Crippen LogP contribution in [0.2, 0.25) is 0 Å². The van der Waals surface area contributed by atoms with Crippen molar-refractivity contribution in [2.45, 2.75) is 50.0 Å². The molecule has 0 amide bonds. The molecule has 1 aromatic rings. The summed E-state index contributed by atoms with van der Waals surface area (Å²) in [6, 6.07) is 8.52. The zero-order valence-corrected chi connectivity index (χ0v) is 14.2. The highest BCUT2D eigenvalue weighted by atomic mass is 16.7. The van der Waals surface area contributed by atoms with Crippen LogP contribution in [0.4, 0.5) is 0 Å². The molecule has 8 heteroatoms. The number of carbonyl (C=O) groups excluding carboxylic acids is 3. The van der Waals surface area contributed by atoms with E-state index < -0.39 is 35.7 Å². The van der Waals surface area contributed by atoms with E-state index in [0.29, 0.717) is 5.56 Å². The van der Waals surface area contributed by atoms with Gasteiger partial charge < -0.3 is 23.7 Å². The van der Waals surface area contributed by atoms with Gasteiger partial charge in [-0.1, -0.05) is 18.2 Å². The summed E-state index contributed by atoms with van der Waals surface area (Å²) in [5, 5.41) is 0. The Hall–Kier alpha value is -2.45. The Morgan fingerprint density at radius 2 is 1.73 bits per heavy atom. The minimum Gasteiger partial charge on any atom is -0.459 e. The Morgan fingerprint density at radius 1 is 1.04 bits per heavy atom. The van der Waals surface area contributed by atoms with Gasteiger partial charge in [-0.25, -0.2) is 4.79 Å². The normalized spacial score (nSPS) is 36.2. The van der Waals surface area contributed by atoms with E-state index in [1.807, 2.05) is 0 Å². The van der Waals surface area contributed by atoms with Crippen LogP contribution < -0.4 is 0 Å². The van der Waals surface area contributed by atoms with E-state index in [-0.39, 0.29) is 24.9 Å². The molecule has 0 N–H and O–H groups in total. The first-order chi connectivity index (χ1) is 12.4. The molecule has 0 bridgehead atoms. The minimum atomic E-state index is -1.06. The van der Waals surface area contributed by atoms with Gasteiger partial charge in [0.1, 0.15) is 24.9 Å². The summed E-state index contributed by atoms with van der Waals surface area (Å²) in [7, 11) is 0. The van der Waals surface area contributed by atoms with Gasteiger partial charge in [0.15, 0.2) is 17.8 Å². The van der Waals surface area contributed by atoms with Crippen molar-refractivity contribution < 1.29 is 38.1 Å². The second-order valence-corrected chi connectivity index (χ2v) is 6.60. The number of carbonyl (C=O) groups is 3. The monoisotopic (exact) mass is 362 g/mol. The topological polar surface area (TPSA) is 104 Å². The molecule has 2 aliphatic heterocycles. The van der Waals surface area contributed by atoms with Crippen LogP contribution in [0.5, 0.6) is 0 Å². The Balaban J connectivity index is 1.52. The van der Waals surface area contributed by atoms with Crippen LogP contribution in [0.1, 0.15) is 24.2 Å². The molecule has 1 saturated carbocycles. The van der Waals surface area contributed by atoms with Crippen LogP contribution in [-0.4, -0.2) is 60.6 Å².